The molecule has 3 unspecified atom stereocenters. The van der Waals surface area contributed by atoms with Crippen molar-refractivity contribution in [2.75, 3.05) is 13.7 Å². The Kier molecular flexibility index (Phi) is 3.60. The smallest absolute Gasteiger partial charge is 0.184 e. The highest BCUT2D eigenvalue weighted by Crippen LogP contribution is 2.21. The molecule has 1 aliphatic heterocycles. The standard InChI is InChI=1S/C7H14O6/c1-12-6-3(2-8)13-7(11)5(10)4(6)9/h3-11H,2H2,1H3/t3?,4-,5?,6-,7?/m1/s1. The highest BCUT2D eigenvalue weighted by Gasteiger charge is 2.43. The van der Waals surface area contributed by atoms with Gasteiger partial charge < -0.3 is 29.9 Å². The molecule has 0 saturated carbocycles. The predicted molar refractivity (Wildman–Crippen MR) is 40.8 cm³/mol. The largest absolute Gasteiger partial charge is 0.394 e. The molecular weight excluding hydrogens is 180 g/mol. The zero-order valence-corrected chi connectivity index (χ0v) is 7.20. The van der Waals surface area contributed by atoms with Crippen molar-refractivity contribution in [3.8, 4) is 0 Å². The summed E-state index contributed by atoms with van der Waals surface area (Å²) in [4.78, 5) is 0. The Bertz CT molecular complexity index is 161. The van der Waals surface area contributed by atoms with Gasteiger partial charge in [-0.1, -0.05) is 0 Å². The molecule has 5 atom stereocenters. The van der Waals surface area contributed by atoms with Gasteiger partial charge in [0, 0.05) is 7.11 Å². The monoisotopic (exact) mass is 194 g/mol. The Morgan fingerprint density at radius 1 is 1.23 bits per heavy atom. The number of aliphatic hydroxyl groups is 4. The van der Waals surface area contributed by atoms with Crippen LogP contribution in [0.25, 0.3) is 0 Å². The number of ether oxygens (including phenoxy) is 2. The summed E-state index contributed by atoms with van der Waals surface area (Å²) in [7, 11) is 1.32. The van der Waals surface area contributed by atoms with Crippen LogP contribution < -0.4 is 0 Å². The molecule has 78 valence electrons. The van der Waals surface area contributed by atoms with Crippen LogP contribution in [0.4, 0.5) is 0 Å². The van der Waals surface area contributed by atoms with Crippen LogP contribution in [0.15, 0.2) is 0 Å². The lowest BCUT2D eigenvalue weighted by atomic mass is 9.99. The first-order valence-electron chi connectivity index (χ1n) is 3.95. The van der Waals surface area contributed by atoms with E-state index in [4.69, 9.17) is 19.7 Å². The summed E-state index contributed by atoms with van der Waals surface area (Å²) in [5.41, 5.74) is 0. The molecule has 1 heterocycles. The molecule has 0 radical (unpaired) electrons. The molecule has 1 fully saturated rings. The fourth-order valence-corrected chi connectivity index (χ4v) is 1.36. The third kappa shape index (κ3) is 1.98. The summed E-state index contributed by atoms with van der Waals surface area (Å²) in [6.07, 6.45) is -5.81. The maximum atomic E-state index is 9.38. The van der Waals surface area contributed by atoms with E-state index in [1.54, 1.807) is 0 Å². The molecule has 0 aliphatic carbocycles. The number of hydrogen-bond donors (Lipinski definition) is 4. The molecule has 0 bridgehead atoms. The summed E-state index contributed by atoms with van der Waals surface area (Å²) < 4.78 is 9.61. The van der Waals surface area contributed by atoms with Crippen LogP contribution in [0, 0.1) is 0 Å². The van der Waals surface area contributed by atoms with Gasteiger partial charge in [0.05, 0.1) is 6.61 Å². The lowest BCUT2D eigenvalue weighted by Crippen LogP contribution is -2.59. The molecule has 6 heteroatoms. The number of methoxy groups -OCH3 is 1. The maximum absolute atomic E-state index is 9.38. The van der Waals surface area contributed by atoms with Gasteiger partial charge in [0.25, 0.3) is 0 Å². The molecule has 6 nitrogen and oxygen atoms in total. The molecule has 0 amide bonds. The summed E-state index contributed by atoms with van der Waals surface area (Å²) in [6.45, 7) is -0.390. The molecule has 13 heavy (non-hydrogen) atoms. The minimum Gasteiger partial charge on any atom is -0.394 e. The highest BCUT2D eigenvalue weighted by atomic mass is 16.6. The van der Waals surface area contributed by atoms with E-state index in [0.717, 1.165) is 0 Å². The third-order valence-electron chi connectivity index (χ3n) is 2.11. The van der Waals surface area contributed by atoms with Crippen molar-refractivity contribution in [3.05, 3.63) is 0 Å². The lowest BCUT2D eigenvalue weighted by molar-refractivity contribution is -0.290. The minimum atomic E-state index is -1.49. The van der Waals surface area contributed by atoms with Crippen molar-refractivity contribution in [2.45, 2.75) is 30.7 Å². The van der Waals surface area contributed by atoms with E-state index >= 15 is 0 Å². The van der Waals surface area contributed by atoms with Gasteiger partial charge in [0.2, 0.25) is 0 Å². The van der Waals surface area contributed by atoms with Gasteiger partial charge in [-0.15, -0.1) is 0 Å². The van der Waals surface area contributed by atoms with E-state index in [2.05, 4.69) is 0 Å². The van der Waals surface area contributed by atoms with E-state index in [0.29, 0.717) is 0 Å². The van der Waals surface area contributed by atoms with Crippen LogP contribution in [-0.2, 0) is 9.47 Å². The first kappa shape index (κ1) is 10.8. The fraction of sp³-hybridized carbons (Fsp3) is 1.00. The van der Waals surface area contributed by atoms with E-state index in [1.807, 2.05) is 0 Å². The Morgan fingerprint density at radius 3 is 2.31 bits per heavy atom. The summed E-state index contributed by atoms with van der Waals surface area (Å²) >= 11 is 0. The van der Waals surface area contributed by atoms with E-state index in [-0.39, 0.29) is 6.61 Å². The summed E-state index contributed by atoms with van der Waals surface area (Å²) in [5, 5.41) is 36.4. The molecule has 4 N–H and O–H groups in total. The van der Waals surface area contributed by atoms with Crippen molar-refractivity contribution in [3.63, 3.8) is 0 Å². The Morgan fingerprint density at radius 2 is 1.85 bits per heavy atom. The Hall–Kier alpha value is -0.240. The molecule has 1 rings (SSSR count). The Balaban J connectivity index is 2.69. The van der Waals surface area contributed by atoms with Gasteiger partial charge in [-0.25, -0.2) is 0 Å². The molecule has 1 aliphatic rings. The summed E-state index contributed by atoms with van der Waals surface area (Å²) in [6, 6.07) is 0. The van der Waals surface area contributed by atoms with Gasteiger partial charge in [0.15, 0.2) is 6.29 Å². The van der Waals surface area contributed by atoms with Crippen LogP contribution in [0.3, 0.4) is 0 Å². The second kappa shape index (κ2) is 4.32. The lowest BCUT2D eigenvalue weighted by Gasteiger charge is -2.39. The molecule has 0 aromatic heterocycles. The number of hydrogen-bond acceptors (Lipinski definition) is 6. The molecule has 0 spiro atoms. The van der Waals surface area contributed by atoms with Crippen molar-refractivity contribution < 1.29 is 29.9 Å². The zero-order valence-electron chi connectivity index (χ0n) is 7.20. The van der Waals surface area contributed by atoms with Crippen molar-refractivity contribution in [1.29, 1.82) is 0 Å². The van der Waals surface area contributed by atoms with E-state index < -0.39 is 30.7 Å². The molecular formula is C7H14O6. The number of rotatable bonds is 2. The average molecular weight is 194 g/mol. The van der Waals surface area contributed by atoms with Crippen molar-refractivity contribution in [2.24, 2.45) is 0 Å². The highest BCUT2D eigenvalue weighted by molar-refractivity contribution is 4.89. The van der Waals surface area contributed by atoms with Crippen LogP contribution >= 0.6 is 0 Å². The predicted octanol–water partition coefficient (Wildman–Crippen LogP) is -2.57. The van der Waals surface area contributed by atoms with Crippen LogP contribution in [0.2, 0.25) is 0 Å². The van der Waals surface area contributed by atoms with Crippen LogP contribution in [0.5, 0.6) is 0 Å². The van der Waals surface area contributed by atoms with Crippen LogP contribution in [-0.4, -0.2) is 64.8 Å². The van der Waals surface area contributed by atoms with Crippen LogP contribution in [0.1, 0.15) is 0 Å². The Labute approximate surface area is 75.3 Å². The molecule has 0 aromatic rings. The maximum Gasteiger partial charge on any atom is 0.184 e. The first-order chi connectivity index (χ1) is 6.11. The normalized spacial score (nSPS) is 46.4. The quantitative estimate of drug-likeness (QED) is 0.386. The van der Waals surface area contributed by atoms with Gasteiger partial charge in [0.1, 0.15) is 24.4 Å². The van der Waals surface area contributed by atoms with Gasteiger partial charge in [-0.2, -0.15) is 0 Å². The molecule has 0 aromatic carbocycles. The van der Waals surface area contributed by atoms with E-state index in [1.165, 1.54) is 7.11 Å². The topological polar surface area (TPSA) is 99.4 Å². The zero-order chi connectivity index (χ0) is 10.0. The van der Waals surface area contributed by atoms with Gasteiger partial charge in [-0.05, 0) is 0 Å². The minimum absolute atomic E-state index is 0.390. The second-order valence-corrected chi connectivity index (χ2v) is 2.93. The second-order valence-electron chi connectivity index (χ2n) is 2.93. The van der Waals surface area contributed by atoms with Gasteiger partial charge >= 0.3 is 0 Å². The fourth-order valence-electron chi connectivity index (χ4n) is 1.36. The van der Waals surface area contributed by atoms with Crippen molar-refractivity contribution >= 4 is 0 Å². The van der Waals surface area contributed by atoms with Crippen molar-refractivity contribution in [1.82, 2.24) is 0 Å². The van der Waals surface area contributed by atoms with Gasteiger partial charge in [-0.3, -0.25) is 0 Å². The SMILES string of the molecule is CO[C@@H]1C(CO)OC(O)C(O)[C@H]1O. The third-order valence-corrected chi connectivity index (χ3v) is 2.11. The number of aliphatic hydroxyl groups excluding tert-OH is 4. The molecule has 1 saturated heterocycles. The average Bonchev–Trinajstić information content (AvgIpc) is 2.13. The first-order valence-corrected chi connectivity index (χ1v) is 3.95. The van der Waals surface area contributed by atoms with E-state index in [9.17, 15) is 10.2 Å². The summed E-state index contributed by atoms with van der Waals surface area (Å²) in [5.74, 6) is 0.